The quantitative estimate of drug-likeness (QED) is 0.271. The number of carbonyl (C=O) groups is 1. The maximum absolute atomic E-state index is 12.5. The Morgan fingerprint density at radius 1 is 0.846 bits per heavy atom. The first-order valence-electron chi connectivity index (χ1n) is 13.0. The van der Waals surface area contributed by atoms with Gasteiger partial charge in [-0.05, 0) is 53.8 Å². The summed E-state index contributed by atoms with van der Waals surface area (Å²) in [5.41, 5.74) is 11.2. The molecular formula is C32H28N6O. The van der Waals surface area contributed by atoms with Gasteiger partial charge in [-0.25, -0.2) is 0 Å². The Hall–Kier alpha value is -5.04. The number of aromatic nitrogens is 5. The van der Waals surface area contributed by atoms with Gasteiger partial charge < -0.3 is 10.7 Å². The first kappa shape index (κ1) is 24.3. The van der Waals surface area contributed by atoms with Crippen molar-refractivity contribution in [3.63, 3.8) is 0 Å². The molecule has 3 aromatic heterocycles. The molecule has 0 saturated heterocycles. The molecule has 0 fully saturated rings. The molecule has 192 valence electrons. The summed E-state index contributed by atoms with van der Waals surface area (Å²) in [4.78, 5) is 20.2. The number of hydrogen-bond donors (Lipinski definition) is 2. The molecule has 6 aromatic rings. The van der Waals surface area contributed by atoms with Gasteiger partial charge >= 0.3 is 0 Å². The van der Waals surface area contributed by atoms with Crippen molar-refractivity contribution in [1.29, 1.82) is 0 Å². The molecular weight excluding hydrogens is 484 g/mol. The largest absolute Gasteiger partial charge is 0.364 e. The monoisotopic (exact) mass is 512 g/mol. The number of para-hydroxylation sites is 2. The average Bonchev–Trinajstić information content (AvgIpc) is 3.60. The Kier molecular flexibility index (Phi) is 6.70. The van der Waals surface area contributed by atoms with Crippen molar-refractivity contribution >= 4 is 16.8 Å². The number of hydrogen-bond acceptors (Lipinski definition) is 4. The highest BCUT2D eigenvalue weighted by Gasteiger charge is 2.28. The van der Waals surface area contributed by atoms with E-state index in [4.69, 9.17) is 10.8 Å². The van der Waals surface area contributed by atoms with E-state index in [-0.39, 0.29) is 11.6 Å². The number of benzene rings is 3. The second kappa shape index (κ2) is 10.8. The number of pyridine rings is 1. The summed E-state index contributed by atoms with van der Waals surface area (Å²) in [5, 5.41) is 10.6. The lowest BCUT2D eigenvalue weighted by Crippen LogP contribution is -2.21. The number of aryl methyl sites for hydroxylation is 2. The molecule has 1 amide bonds. The van der Waals surface area contributed by atoms with E-state index in [1.807, 2.05) is 66.9 Å². The maximum atomic E-state index is 12.5. The number of H-pyrrole nitrogens is 1. The first-order chi connectivity index (χ1) is 19.2. The zero-order chi connectivity index (χ0) is 26.6. The van der Waals surface area contributed by atoms with Gasteiger partial charge in [0.25, 0.3) is 5.91 Å². The molecule has 7 heteroatoms. The van der Waals surface area contributed by atoms with E-state index < -0.39 is 5.91 Å². The fourth-order valence-corrected chi connectivity index (χ4v) is 5.24. The van der Waals surface area contributed by atoms with Crippen LogP contribution >= 0.6 is 0 Å². The van der Waals surface area contributed by atoms with Crippen molar-refractivity contribution in [1.82, 2.24) is 24.7 Å². The lowest BCUT2D eigenvalue weighted by molar-refractivity contribution is 0.0994. The summed E-state index contributed by atoms with van der Waals surface area (Å²) in [7, 11) is 0. The van der Waals surface area contributed by atoms with Gasteiger partial charge in [0.05, 0.1) is 5.92 Å². The van der Waals surface area contributed by atoms with Gasteiger partial charge in [0, 0.05) is 35.4 Å². The minimum Gasteiger partial charge on any atom is -0.364 e. The minimum absolute atomic E-state index is 0.246. The van der Waals surface area contributed by atoms with Crippen LogP contribution in [-0.4, -0.2) is 30.6 Å². The molecule has 39 heavy (non-hydrogen) atoms. The molecule has 0 aliphatic rings. The molecule has 0 spiro atoms. The van der Waals surface area contributed by atoms with Gasteiger partial charge in [-0.3, -0.25) is 14.3 Å². The minimum atomic E-state index is -0.565. The van der Waals surface area contributed by atoms with E-state index in [1.54, 1.807) is 6.20 Å². The Bertz CT molecular complexity index is 1720. The third-order valence-electron chi connectivity index (χ3n) is 7.11. The van der Waals surface area contributed by atoms with Crippen LogP contribution in [0.25, 0.3) is 16.6 Å². The summed E-state index contributed by atoms with van der Waals surface area (Å²) in [6.07, 6.45) is 5.75. The summed E-state index contributed by atoms with van der Waals surface area (Å²) in [5.74, 6) is 0.710. The number of nitrogens with two attached hydrogens (primary N) is 1. The number of nitrogens with zero attached hydrogens (tertiary/aromatic N) is 4. The van der Waals surface area contributed by atoms with E-state index in [2.05, 4.69) is 56.0 Å². The number of nitrogens with one attached hydrogen (secondary N) is 1. The Morgan fingerprint density at radius 2 is 1.59 bits per heavy atom. The van der Waals surface area contributed by atoms with E-state index >= 15 is 0 Å². The van der Waals surface area contributed by atoms with E-state index in [0.29, 0.717) is 12.8 Å². The Morgan fingerprint density at radius 3 is 2.38 bits per heavy atom. The van der Waals surface area contributed by atoms with Crippen molar-refractivity contribution in [3.8, 4) is 5.69 Å². The van der Waals surface area contributed by atoms with Crippen molar-refractivity contribution in [2.45, 2.75) is 25.2 Å². The van der Waals surface area contributed by atoms with E-state index in [0.717, 1.165) is 45.8 Å². The maximum Gasteiger partial charge on any atom is 0.267 e. The molecule has 0 aliphatic heterocycles. The topological polar surface area (TPSA) is 102 Å². The molecule has 0 bridgehead atoms. The van der Waals surface area contributed by atoms with E-state index in [1.165, 1.54) is 5.56 Å². The second-order valence-electron chi connectivity index (χ2n) is 9.55. The zero-order valence-corrected chi connectivity index (χ0v) is 21.4. The SMILES string of the molecule is NC(=O)c1ncccc1[C@@H](Cc1c[nH]c2ccccc12)c1nnc(CCc2ccccc2)n1-c1ccccc1. The third kappa shape index (κ3) is 4.94. The van der Waals surface area contributed by atoms with Gasteiger partial charge in [-0.2, -0.15) is 0 Å². The molecule has 6 rings (SSSR count). The molecule has 0 saturated carbocycles. The average molecular weight is 513 g/mol. The fourth-order valence-electron chi connectivity index (χ4n) is 5.24. The second-order valence-corrected chi connectivity index (χ2v) is 9.55. The predicted molar refractivity (Wildman–Crippen MR) is 152 cm³/mol. The highest BCUT2D eigenvalue weighted by molar-refractivity contribution is 5.92. The summed E-state index contributed by atoms with van der Waals surface area (Å²) >= 11 is 0. The van der Waals surface area contributed by atoms with Gasteiger partial charge in [-0.1, -0.05) is 72.8 Å². The number of aromatic amines is 1. The highest BCUT2D eigenvalue weighted by atomic mass is 16.1. The van der Waals surface area contributed by atoms with Gasteiger partial charge in [0.15, 0.2) is 0 Å². The van der Waals surface area contributed by atoms with Crippen molar-refractivity contribution in [2.24, 2.45) is 5.73 Å². The first-order valence-corrected chi connectivity index (χ1v) is 13.0. The smallest absolute Gasteiger partial charge is 0.267 e. The Balaban J connectivity index is 1.50. The Labute approximate surface area is 226 Å². The number of primary amides is 1. The van der Waals surface area contributed by atoms with Crippen molar-refractivity contribution in [3.05, 3.63) is 143 Å². The molecule has 7 nitrogen and oxygen atoms in total. The zero-order valence-electron chi connectivity index (χ0n) is 21.4. The van der Waals surface area contributed by atoms with Crippen LogP contribution in [-0.2, 0) is 19.3 Å². The van der Waals surface area contributed by atoms with Crippen LogP contribution in [0, 0.1) is 0 Å². The molecule has 0 radical (unpaired) electrons. The molecule has 0 aliphatic carbocycles. The van der Waals surface area contributed by atoms with E-state index in [9.17, 15) is 4.79 Å². The number of carbonyl (C=O) groups excluding carboxylic acids is 1. The van der Waals surface area contributed by atoms with Crippen LogP contribution in [0.2, 0.25) is 0 Å². The summed E-state index contributed by atoms with van der Waals surface area (Å²) in [6.45, 7) is 0. The number of amides is 1. The number of fused-ring (bicyclic) bond motifs is 1. The van der Waals surface area contributed by atoms with Gasteiger partial charge in [-0.15, -0.1) is 10.2 Å². The van der Waals surface area contributed by atoms with Crippen LogP contribution in [0.4, 0.5) is 0 Å². The van der Waals surface area contributed by atoms with Crippen molar-refractivity contribution < 1.29 is 4.79 Å². The molecule has 3 aromatic carbocycles. The normalized spacial score (nSPS) is 12.0. The molecule has 1 atom stereocenters. The lowest BCUT2D eigenvalue weighted by Gasteiger charge is -2.20. The van der Waals surface area contributed by atoms with Crippen molar-refractivity contribution in [2.75, 3.05) is 0 Å². The highest BCUT2D eigenvalue weighted by Crippen LogP contribution is 2.33. The lowest BCUT2D eigenvalue weighted by atomic mass is 9.89. The summed E-state index contributed by atoms with van der Waals surface area (Å²) in [6, 6.07) is 32.4. The third-order valence-corrected chi connectivity index (χ3v) is 7.11. The molecule has 0 unspecified atom stereocenters. The molecule has 3 N–H and O–H groups in total. The van der Waals surface area contributed by atoms with Crippen LogP contribution < -0.4 is 5.73 Å². The predicted octanol–water partition coefficient (Wildman–Crippen LogP) is 5.40. The molecule has 3 heterocycles. The van der Waals surface area contributed by atoms with Crippen LogP contribution in [0.3, 0.4) is 0 Å². The standard InChI is InChI=1S/C32H28N6O/c33-31(39)30-26(15-9-19-34-30)27(20-23-21-35-28-16-8-7-14-25(23)28)32-37-36-29(18-17-22-10-3-1-4-11-22)38(32)24-12-5-2-6-13-24/h1-16,19,21,27,35H,17-18,20H2,(H2,33,39)/t27-/m1/s1. The van der Waals surface area contributed by atoms with Gasteiger partial charge in [0.2, 0.25) is 0 Å². The van der Waals surface area contributed by atoms with Crippen LogP contribution in [0.15, 0.2) is 109 Å². The van der Waals surface area contributed by atoms with Crippen LogP contribution in [0.5, 0.6) is 0 Å². The summed E-state index contributed by atoms with van der Waals surface area (Å²) < 4.78 is 2.13. The fraction of sp³-hybridized carbons (Fsp3) is 0.125. The van der Waals surface area contributed by atoms with Crippen LogP contribution in [0.1, 0.15) is 44.7 Å². The van der Waals surface area contributed by atoms with Gasteiger partial charge in [0.1, 0.15) is 17.3 Å². The number of rotatable bonds is 9.